The smallest absolute Gasteiger partial charge is 0.257 e. The van der Waals surface area contributed by atoms with Crippen LogP contribution in [0.25, 0.3) is 0 Å². The summed E-state index contributed by atoms with van der Waals surface area (Å²) in [6, 6.07) is 11.9. The normalized spacial score (nSPS) is 10.0. The molecular weight excluding hydrogens is 264 g/mol. The predicted molar refractivity (Wildman–Crippen MR) is 76.8 cm³/mol. The van der Waals surface area contributed by atoms with Gasteiger partial charge in [-0.25, -0.2) is 0 Å². The van der Waals surface area contributed by atoms with E-state index in [-0.39, 0.29) is 5.91 Å². The van der Waals surface area contributed by atoms with Crippen LogP contribution in [-0.2, 0) is 0 Å². The molecule has 98 valence electrons. The Bertz CT molecular complexity index is 614. The van der Waals surface area contributed by atoms with Crippen LogP contribution < -0.4 is 15.8 Å². The van der Waals surface area contributed by atoms with E-state index in [0.717, 1.165) is 0 Å². The number of rotatable bonds is 3. The number of nitrogen functional groups attached to an aromatic ring is 1. The Morgan fingerprint density at radius 3 is 2.68 bits per heavy atom. The van der Waals surface area contributed by atoms with Gasteiger partial charge in [0.2, 0.25) is 0 Å². The van der Waals surface area contributed by atoms with Crippen LogP contribution in [0.3, 0.4) is 0 Å². The molecule has 0 aromatic heterocycles. The molecular formula is C14H13ClN2O2. The Labute approximate surface area is 116 Å². The summed E-state index contributed by atoms with van der Waals surface area (Å²) in [4.78, 5) is 12.1. The molecule has 0 saturated carbocycles. The molecule has 2 aromatic rings. The second-order valence-electron chi connectivity index (χ2n) is 3.89. The van der Waals surface area contributed by atoms with Gasteiger partial charge in [-0.15, -0.1) is 0 Å². The Balaban J connectivity index is 2.28. The molecule has 0 atom stereocenters. The van der Waals surface area contributed by atoms with E-state index < -0.39 is 0 Å². The number of benzene rings is 2. The second kappa shape index (κ2) is 5.63. The summed E-state index contributed by atoms with van der Waals surface area (Å²) in [5.41, 5.74) is 7.05. The van der Waals surface area contributed by atoms with Gasteiger partial charge in [-0.05, 0) is 30.3 Å². The van der Waals surface area contributed by atoms with Crippen molar-refractivity contribution in [3.8, 4) is 5.75 Å². The fourth-order valence-corrected chi connectivity index (χ4v) is 1.79. The summed E-state index contributed by atoms with van der Waals surface area (Å²) in [6.45, 7) is 0. The number of hydrogen-bond donors (Lipinski definition) is 2. The molecule has 2 aromatic carbocycles. The van der Waals surface area contributed by atoms with Crippen molar-refractivity contribution in [2.24, 2.45) is 0 Å². The number of methoxy groups -OCH3 is 1. The Morgan fingerprint density at radius 1 is 1.26 bits per heavy atom. The lowest BCUT2D eigenvalue weighted by Gasteiger charge is -2.10. The number of nitrogens with one attached hydrogen (secondary N) is 1. The van der Waals surface area contributed by atoms with Crippen molar-refractivity contribution >= 4 is 28.9 Å². The number of halogens is 1. The van der Waals surface area contributed by atoms with E-state index in [2.05, 4.69) is 5.32 Å². The molecule has 0 unspecified atom stereocenters. The van der Waals surface area contributed by atoms with Crippen molar-refractivity contribution in [1.29, 1.82) is 0 Å². The van der Waals surface area contributed by atoms with Gasteiger partial charge < -0.3 is 15.8 Å². The molecule has 0 spiro atoms. The lowest BCUT2D eigenvalue weighted by molar-refractivity contribution is 0.102. The van der Waals surface area contributed by atoms with Gasteiger partial charge in [0.25, 0.3) is 5.91 Å². The van der Waals surface area contributed by atoms with Crippen LogP contribution in [0, 0.1) is 0 Å². The van der Waals surface area contributed by atoms with Gasteiger partial charge in [-0.3, -0.25) is 4.79 Å². The van der Waals surface area contributed by atoms with Crippen LogP contribution in [0.5, 0.6) is 5.75 Å². The molecule has 0 heterocycles. The van der Waals surface area contributed by atoms with Gasteiger partial charge in [0.1, 0.15) is 5.75 Å². The SMILES string of the molecule is COc1ccc(N)c(C(=O)Nc2ccccc2Cl)c1. The highest BCUT2D eigenvalue weighted by Gasteiger charge is 2.12. The average molecular weight is 277 g/mol. The van der Waals surface area contributed by atoms with Crippen LogP contribution in [0.4, 0.5) is 11.4 Å². The van der Waals surface area contributed by atoms with Crippen molar-refractivity contribution < 1.29 is 9.53 Å². The maximum absolute atomic E-state index is 12.1. The zero-order valence-corrected chi connectivity index (χ0v) is 11.1. The van der Waals surface area contributed by atoms with Crippen molar-refractivity contribution in [3.05, 3.63) is 53.1 Å². The van der Waals surface area contributed by atoms with Crippen LogP contribution in [-0.4, -0.2) is 13.0 Å². The predicted octanol–water partition coefficient (Wildman–Crippen LogP) is 3.18. The molecule has 19 heavy (non-hydrogen) atoms. The topological polar surface area (TPSA) is 64.3 Å². The highest BCUT2D eigenvalue weighted by Crippen LogP contribution is 2.24. The zero-order chi connectivity index (χ0) is 13.8. The van der Waals surface area contributed by atoms with E-state index in [1.54, 1.807) is 42.5 Å². The third kappa shape index (κ3) is 2.98. The molecule has 0 aliphatic carbocycles. The number of carbonyl (C=O) groups excluding carboxylic acids is 1. The van der Waals surface area contributed by atoms with Crippen LogP contribution in [0.15, 0.2) is 42.5 Å². The number of amides is 1. The standard InChI is InChI=1S/C14H13ClN2O2/c1-19-9-6-7-12(16)10(8-9)14(18)17-13-5-3-2-4-11(13)15/h2-8H,16H2,1H3,(H,17,18). The van der Waals surface area contributed by atoms with E-state index in [1.165, 1.54) is 7.11 Å². The highest BCUT2D eigenvalue weighted by atomic mass is 35.5. The quantitative estimate of drug-likeness (QED) is 0.846. The molecule has 1 amide bonds. The number of nitrogens with two attached hydrogens (primary N) is 1. The minimum atomic E-state index is -0.329. The van der Waals surface area contributed by atoms with Crippen LogP contribution in [0.1, 0.15) is 10.4 Å². The number of anilines is 2. The number of hydrogen-bond acceptors (Lipinski definition) is 3. The van der Waals surface area contributed by atoms with Gasteiger partial charge in [0.05, 0.1) is 23.4 Å². The summed E-state index contributed by atoms with van der Waals surface area (Å²) in [5.74, 6) is 0.239. The van der Waals surface area contributed by atoms with E-state index in [9.17, 15) is 4.79 Å². The van der Waals surface area contributed by atoms with Crippen LogP contribution >= 0.6 is 11.6 Å². The molecule has 2 rings (SSSR count). The Morgan fingerprint density at radius 2 is 2.00 bits per heavy atom. The number of carbonyl (C=O) groups is 1. The monoisotopic (exact) mass is 276 g/mol. The van der Waals surface area contributed by atoms with Gasteiger partial charge in [-0.2, -0.15) is 0 Å². The molecule has 5 heteroatoms. The largest absolute Gasteiger partial charge is 0.497 e. The third-order valence-corrected chi connectivity index (χ3v) is 2.96. The molecule has 0 radical (unpaired) electrons. The van der Waals surface area contributed by atoms with E-state index in [4.69, 9.17) is 22.1 Å². The van der Waals surface area contributed by atoms with E-state index in [1.807, 2.05) is 0 Å². The highest BCUT2D eigenvalue weighted by molar-refractivity contribution is 6.34. The summed E-state index contributed by atoms with van der Waals surface area (Å²) in [6.07, 6.45) is 0. The van der Waals surface area contributed by atoms with Gasteiger partial charge >= 0.3 is 0 Å². The zero-order valence-electron chi connectivity index (χ0n) is 10.3. The summed E-state index contributed by atoms with van der Waals surface area (Å²) < 4.78 is 5.07. The maximum Gasteiger partial charge on any atom is 0.257 e. The fourth-order valence-electron chi connectivity index (χ4n) is 1.61. The molecule has 3 N–H and O–H groups in total. The molecule has 0 aliphatic rings. The molecule has 0 bridgehead atoms. The Kier molecular flexibility index (Phi) is 3.92. The molecule has 0 saturated heterocycles. The van der Waals surface area contributed by atoms with E-state index in [0.29, 0.717) is 27.7 Å². The number of ether oxygens (including phenoxy) is 1. The van der Waals surface area contributed by atoms with Crippen molar-refractivity contribution in [2.45, 2.75) is 0 Å². The first-order valence-electron chi connectivity index (χ1n) is 5.61. The summed E-state index contributed by atoms with van der Waals surface area (Å²) >= 11 is 5.98. The summed E-state index contributed by atoms with van der Waals surface area (Å²) in [7, 11) is 1.53. The second-order valence-corrected chi connectivity index (χ2v) is 4.29. The lowest BCUT2D eigenvalue weighted by Crippen LogP contribution is -2.14. The lowest BCUT2D eigenvalue weighted by atomic mass is 10.1. The molecule has 4 nitrogen and oxygen atoms in total. The number of para-hydroxylation sites is 1. The van der Waals surface area contributed by atoms with Gasteiger partial charge in [0.15, 0.2) is 0 Å². The van der Waals surface area contributed by atoms with Gasteiger partial charge in [-0.1, -0.05) is 23.7 Å². The van der Waals surface area contributed by atoms with Crippen molar-refractivity contribution in [3.63, 3.8) is 0 Å². The minimum Gasteiger partial charge on any atom is -0.497 e. The van der Waals surface area contributed by atoms with Crippen LogP contribution in [0.2, 0.25) is 5.02 Å². The maximum atomic E-state index is 12.1. The van der Waals surface area contributed by atoms with Crippen molar-refractivity contribution in [2.75, 3.05) is 18.2 Å². The van der Waals surface area contributed by atoms with E-state index >= 15 is 0 Å². The molecule has 0 aliphatic heterocycles. The molecule has 0 fully saturated rings. The summed E-state index contributed by atoms with van der Waals surface area (Å²) in [5, 5.41) is 3.18. The Hall–Kier alpha value is -2.20. The first-order chi connectivity index (χ1) is 9.11. The third-order valence-electron chi connectivity index (χ3n) is 2.63. The minimum absolute atomic E-state index is 0.329. The first kappa shape index (κ1) is 13.2. The first-order valence-corrected chi connectivity index (χ1v) is 5.99. The average Bonchev–Trinajstić information content (AvgIpc) is 2.42. The fraction of sp³-hybridized carbons (Fsp3) is 0.0714. The van der Waals surface area contributed by atoms with Crippen molar-refractivity contribution in [1.82, 2.24) is 0 Å². The van der Waals surface area contributed by atoms with Gasteiger partial charge in [0, 0.05) is 5.69 Å².